The molecule has 2 heterocycles. The Morgan fingerprint density at radius 3 is 2.62 bits per heavy atom. The maximum Gasteiger partial charge on any atom is 0.236 e. The minimum Gasteiger partial charge on any atom is -0.444 e. The average molecular weight is 344 g/mol. The second kappa shape index (κ2) is 6.09. The average Bonchev–Trinajstić information content (AvgIpc) is 3.08. The third-order valence-corrected chi connectivity index (χ3v) is 5.84. The standard InChI is InChI=1S/C18H20N2O3S/c1-4-5-12(21)18(6-7-18)16(19)14(22)13-10(2)15(24-11(13)3)17-20-8-9-23-17/h8-9,19H,4-7H2,1-3H3. The number of Topliss-reactive ketones (excluding diaryl/α,β-unsaturated/α-hetero) is 2. The van der Waals surface area contributed by atoms with E-state index in [9.17, 15) is 9.59 Å². The molecular formula is C18H20N2O3S. The zero-order chi connectivity index (χ0) is 17.5. The Morgan fingerprint density at radius 1 is 1.38 bits per heavy atom. The van der Waals surface area contributed by atoms with E-state index in [2.05, 4.69) is 4.98 Å². The van der Waals surface area contributed by atoms with E-state index in [-0.39, 0.29) is 17.3 Å². The minimum atomic E-state index is -0.836. The summed E-state index contributed by atoms with van der Waals surface area (Å²) in [6, 6.07) is 0. The first-order valence-corrected chi connectivity index (χ1v) is 8.91. The summed E-state index contributed by atoms with van der Waals surface area (Å²) in [6.45, 7) is 5.64. The van der Waals surface area contributed by atoms with Gasteiger partial charge < -0.3 is 9.83 Å². The fraction of sp³-hybridized carbons (Fsp3) is 0.444. The second-order valence-corrected chi connectivity index (χ2v) is 7.51. The lowest BCUT2D eigenvalue weighted by Gasteiger charge is -2.14. The fourth-order valence-corrected chi connectivity index (χ4v) is 4.23. The molecule has 0 radical (unpaired) electrons. The summed E-state index contributed by atoms with van der Waals surface area (Å²) >= 11 is 1.44. The number of aryl methyl sites for hydroxylation is 1. The number of nitrogens with one attached hydrogen (secondary N) is 1. The molecule has 0 amide bonds. The normalized spacial score (nSPS) is 15.3. The molecule has 2 aromatic rings. The van der Waals surface area contributed by atoms with Gasteiger partial charge in [-0.3, -0.25) is 9.59 Å². The first kappa shape index (κ1) is 16.8. The van der Waals surface area contributed by atoms with Crippen molar-refractivity contribution >= 4 is 28.6 Å². The predicted octanol–water partition coefficient (Wildman–Crippen LogP) is 4.37. The van der Waals surface area contributed by atoms with Gasteiger partial charge in [-0.15, -0.1) is 11.3 Å². The highest BCUT2D eigenvalue weighted by molar-refractivity contribution is 7.16. The quantitative estimate of drug-likeness (QED) is 0.597. The van der Waals surface area contributed by atoms with Crippen LogP contribution >= 0.6 is 11.3 Å². The van der Waals surface area contributed by atoms with E-state index < -0.39 is 5.41 Å². The van der Waals surface area contributed by atoms with Gasteiger partial charge in [0.1, 0.15) is 12.0 Å². The van der Waals surface area contributed by atoms with Crippen LogP contribution in [0.5, 0.6) is 0 Å². The van der Waals surface area contributed by atoms with Gasteiger partial charge in [-0.05, 0) is 38.7 Å². The molecule has 1 N–H and O–H groups in total. The maximum atomic E-state index is 12.9. The Hall–Kier alpha value is -2.08. The van der Waals surface area contributed by atoms with E-state index in [1.54, 1.807) is 6.20 Å². The number of rotatable bonds is 7. The highest BCUT2D eigenvalue weighted by atomic mass is 32.1. The zero-order valence-electron chi connectivity index (χ0n) is 14.1. The Morgan fingerprint density at radius 2 is 2.08 bits per heavy atom. The number of aromatic nitrogens is 1. The number of oxazole rings is 1. The van der Waals surface area contributed by atoms with Gasteiger partial charge in [0.15, 0.2) is 0 Å². The summed E-state index contributed by atoms with van der Waals surface area (Å²) in [5, 5.41) is 8.38. The van der Waals surface area contributed by atoms with Gasteiger partial charge in [-0.2, -0.15) is 0 Å². The summed E-state index contributed by atoms with van der Waals surface area (Å²) in [4.78, 5) is 31.1. The monoisotopic (exact) mass is 344 g/mol. The van der Waals surface area contributed by atoms with Crippen molar-refractivity contribution in [1.29, 1.82) is 5.41 Å². The number of nitrogens with zero attached hydrogens (tertiary/aromatic N) is 1. The molecule has 2 aromatic heterocycles. The molecule has 1 saturated carbocycles. The Bertz CT molecular complexity index is 814. The van der Waals surface area contributed by atoms with Crippen LogP contribution in [0.3, 0.4) is 0 Å². The molecule has 5 nitrogen and oxygen atoms in total. The van der Waals surface area contributed by atoms with Crippen LogP contribution in [0.25, 0.3) is 10.8 Å². The van der Waals surface area contributed by atoms with Crippen molar-refractivity contribution in [1.82, 2.24) is 4.98 Å². The first-order chi connectivity index (χ1) is 11.4. The van der Waals surface area contributed by atoms with Crippen molar-refractivity contribution in [2.75, 3.05) is 0 Å². The van der Waals surface area contributed by atoms with Gasteiger partial charge in [0.25, 0.3) is 0 Å². The molecule has 0 unspecified atom stereocenters. The van der Waals surface area contributed by atoms with Crippen LogP contribution in [-0.2, 0) is 4.79 Å². The van der Waals surface area contributed by atoms with Gasteiger partial charge in [-0.1, -0.05) is 6.92 Å². The summed E-state index contributed by atoms with van der Waals surface area (Å²) in [5.74, 6) is 0.178. The molecule has 0 atom stereocenters. The number of carbonyl (C=O) groups is 2. The molecular weight excluding hydrogens is 324 g/mol. The SMILES string of the molecule is CCCC(=O)C1(C(=N)C(=O)c2c(C)sc(-c3ncco3)c2C)CC1. The van der Waals surface area contributed by atoms with E-state index in [0.29, 0.717) is 30.7 Å². The number of hydrogen-bond donors (Lipinski definition) is 1. The lowest BCUT2D eigenvalue weighted by Crippen LogP contribution is -2.32. The molecule has 0 aromatic carbocycles. The van der Waals surface area contributed by atoms with Crippen LogP contribution in [0.4, 0.5) is 0 Å². The van der Waals surface area contributed by atoms with Crippen LogP contribution in [0.1, 0.15) is 53.4 Å². The first-order valence-electron chi connectivity index (χ1n) is 8.09. The lowest BCUT2D eigenvalue weighted by molar-refractivity contribution is -0.121. The van der Waals surface area contributed by atoms with Crippen molar-refractivity contribution in [2.45, 2.75) is 46.5 Å². The Balaban J connectivity index is 1.94. The molecule has 6 heteroatoms. The summed E-state index contributed by atoms with van der Waals surface area (Å²) in [7, 11) is 0. The topological polar surface area (TPSA) is 84.0 Å². The lowest BCUT2D eigenvalue weighted by atomic mass is 9.86. The molecule has 0 bridgehead atoms. The van der Waals surface area contributed by atoms with E-state index >= 15 is 0 Å². The van der Waals surface area contributed by atoms with Gasteiger partial charge in [0.2, 0.25) is 11.7 Å². The third-order valence-electron chi connectivity index (χ3n) is 4.64. The van der Waals surface area contributed by atoms with Crippen LogP contribution in [-0.4, -0.2) is 22.3 Å². The molecule has 1 aliphatic rings. The van der Waals surface area contributed by atoms with Gasteiger partial charge in [-0.25, -0.2) is 4.98 Å². The largest absolute Gasteiger partial charge is 0.444 e. The number of thiophene rings is 1. The predicted molar refractivity (Wildman–Crippen MR) is 92.9 cm³/mol. The van der Waals surface area contributed by atoms with Crippen molar-refractivity contribution in [3.8, 4) is 10.8 Å². The van der Waals surface area contributed by atoms with E-state index in [4.69, 9.17) is 9.83 Å². The smallest absolute Gasteiger partial charge is 0.236 e. The summed E-state index contributed by atoms with van der Waals surface area (Å²) in [5.41, 5.74) is 0.405. The number of carbonyl (C=O) groups excluding carboxylic acids is 2. The molecule has 1 fully saturated rings. The van der Waals surface area contributed by atoms with Gasteiger partial charge in [0, 0.05) is 16.9 Å². The van der Waals surface area contributed by atoms with Crippen molar-refractivity contribution < 1.29 is 14.0 Å². The summed E-state index contributed by atoms with van der Waals surface area (Å²) in [6.07, 6.45) is 5.47. The highest BCUT2D eigenvalue weighted by Gasteiger charge is 2.54. The maximum absolute atomic E-state index is 12.9. The van der Waals surface area contributed by atoms with Crippen LogP contribution in [0.15, 0.2) is 16.9 Å². The van der Waals surface area contributed by atoms with Crippen molar-refractivity contribution in [3.63, 3.8) is 0 Å². The molecule has 1 aliphatic carbocycles. The van der Waals surface area contributed by atoms with E-state index in [1.807, 2.05) is 20.8 Å². The second-order valence-electron chi connectivity index (χ2n) is 6.28. The van der Waals surface area contributed by atoms with Crippen LogP contribution < -0.4 is 0 Å². The number of hydrogen-bond acceptors (Lipinski definition) is 6. The Kier molecular flexibility index (Phi) is 4.25. The molecule has 0 saturated heterocycles. The van der Waals surface area contributed by atoms with Crippen LogP contribution in [0, 0.1) is 24.7 Å². The zero-order valence-corrected chi connectivity index (χ0v) is 14.9. The van der Waals surface area contributed by atoms with Crippen LogP contribution in [0.2, 0.25) is 0 Å². The van der Waals surface area contributed by atoms with E-state index in [1.165, 1.54) is 17.6 Å². The molecule has 0 aliphatic heterocycles. The summed E-state index contributed by atoms with van der Waals surface area (Å²) < 4.78 is 5.34. The molecule has 24 heavy (non-hydrogen) atoms. The van der Waals surface area contributed by atoms with Gasteiger partial charge in [0.05, 0.1) is 22.2 Å². The van der Waals surface area contributed by atoms with Gasteiger partial charge >= 0.3 is 0 Å². The fourth-order valence-electron chi connectivity index (χ4n) is 3.13. The third kappa shape index (κ3) is 2.55. The molecule has 0 spiro atoms. The highest BCUT2D eigenvalue weighted by Crippen LogP contribution is 2.50. The number of ketones is 2. The molecule has 126 valence electrons. The van der Waals surface area contributed by atoms with Crippen molar-refractivity contribution in [3.05, 3.63) is 28.5 Å². The molecule has 3 rings (SSSR count). The Labute approximate surface area is 144 Å². The minimum absolute atomic E-state index is 0.0295. The van der Waals surface area contributed by atoms with E-state index in [0.717, 1.165) is 21.7 Å². The van der Waals surface area contributed by atoms with Crippen molar-refractivity contribution in [2.24, 2.45) is 5.41 Å².